The standard InChI is InChI=1S/C6H11N/c7-6-4-2-1-3-5(4)6/h4-6H,1-3,7H2/t4-,5+,6+. The van der Waals surface area contributed by atoms with E-state index in [2.05, 4.69) is 0 Å². The number of hydrogen-bond donors (Lipinski definition) is 1. The molecule has 1 heteroatoms. The van der Waals surface area contributed by atoms with Gasteiger partial charge in [0.05, 0.1) is 0 Å². The summed E-state index contributed by atoms with van der Waals surface area (Å²) in [5.74, 6) is 1.92. The van der Waals surface area contributed by atoms with Gasteiger partial charge in [-0.3, -0.25) is 0 Å². The monoisotopic (exact) mass is 97.1 g/mol. The molecule has 0 spiro atoms. The molecule has 7 heavy (non-hydrogen) atoms. The lowest BCUT2D eigenvalue weighted by Gasteiger charge is -1.90. The summed E-state index contributed by atoms with van der Waals surface area (Å²) < 4.78 is 0. The Bertz CT molecular complexity index is 80.2. The Morgan fingerprint density at radius 2 is 1.71 bits per heavy atom. The minimum atomic E-state index is 0.619. The normalized spacial score (nSPS) is 57.0. The second kappa shape index (κ2) is 1.03. The molecule has 0 saturated heterocycles. The smallest absolute Gasteiger partial charge is 0.0102 e. The molecule has 0 radical (unpaired) electrons. The van der Waals surface area contributed by atoms with Crippen molar-refractivity contribution in [3.63, 3.8) is 0 Å². The summed E-state index contributed by atoms with van der Waals surface area (Å²) in [7, 11) is 0. The van der Waals surface area contributed by atoms with E-state index in [0.29, 0.717) is 6.04 Å². The molecule has 2 fully saturated rings. The SMILES string of the molecule is N[C@@H]1[C@H]2CCC[C@@H]12. The van der Waals surface area contributed by atoms with Gasteiger partial charge in [0, 0.05) is 6.04 Å². The maximum absolute atomic E-state index is 5.67. The Morgan fingerprint density at radius 3 is 2.00 bits per heavy atom. The van der Waals surface area contributed by atoms with Crippen molar-refractivity contribution < 1.29 is 0 Å². The summed E-state index contributed by atoms with van der Waals surface area (Å²) in [6.45, 7) is 0. The summed E-state index contributed by atoms with van der Waals surface area (Å²) in [6.07, 6.45) is 4.29. The molecule has 0 aliphatic heterocycles. The van der Waals surface area contributed by atoms with Gasteiger partial charge in [-0.05, 0) is 24.7 Å². The highest BCUT2D eigenvalue weighted by molar-refractivity contribution is 5.04. The van der Waals surface area contributed by atoms with E-state index in [4.69, 9.17) is 5.73 Å². The van der Waals surface area contributed by atoms with Gasteiger partial charge in [0.2, 0.25) is 0 Å². The fourth-order valence-corrected chi connectivity index (χ4v) is 1.88. The van der Waals surface area contributed by atoms with Crippen LogP contribution in [-0.4, -0.2) is 6.04 Å². The van der Waals surface area contributed by atoms with Crippen molar-refractivity contribution in [2.75, 3.05) is 0 Å². The van der Waals surface area contributed by atoms with Gasteiger partial charge in [0.25, 0.3) is 0 Å². The first-order valence-electron chi connectivity index (χ1n) is 3.15. The van der Waals surface area contributed by atoms with Crippen molar-refractivity contribution in [1.29, 1.82) is 0 Å². The Hall–Kier alpha value is -0.0400. The fraction of sp³-hybridized carbons (Fsp3) is 1.00. The van der Waals surface area contributed by atoms with Crippen molar-refractivity contribution in [1.82, 2.24) is 0 Å². The summed E-state index contributed by atoms with van der Waals surface area (Å²) in [4.78, 5) is 0. The van der Waals surface area contributed by atoms with Crippen molar-refractivity contribution >= 4 is 0 Å². The molecule has 1 nitrogen and oxygen atoms in total. The summed E-state index contributed by atoms with van der Waals surface area (Å²) in [5, 5.41) is 0. The molecule has 2 aliphatic rings. The molecule has 2 N–H and O–H groups in total. The first-order chi connectivity index (χ1) is 3.39. The van der Waals surface area contributed by atoms with E-state index in [9.17, 15) is 0 Å². The molecular weight excluding hydrogens is 86.1 g/mol. The maximum atomic E-state index is 5.67. The van der Waals surface area contributed by atoms with E-state index >= 15 is 0 Å². The van der Waals surface area contributed by atoms with Crippen LogP contribution in [0.15, 0.2) is 0 Å². The van der Waals surface area contributed by atoms with Crippen LogP contribution in [0, 0.1) is 11.8 Å². The van der Waals surface area contributed by atoms with Crippen LogP contribution < -0.4 is 5.73 Å². The van der Waals surface area contributed by atoms with E-state index in [1.165, 1.54) is 19.3 Å². The van der Waals surface area contributed by atoms with E-state index in [-0.39, 0.29) is 0 Å². The van der Waals surface area contributed by atoms with Crippen LogP contribution in [0.4, 0.5) is 0 Å². The van der Waals surface area contributed by atoms with Crippen molar-refractivity contribution in [2.24, 2.45) is 17.6 Å². The highest BCUT2D eigenvalue weighted by Gasteiger charge is 2.49. The lowest BCUT2D eigenvalue weighted by atomic mass is 10.2. The van der Waals surface area contributed by atoms with Gasteiger partial charge in [-0.1, -0.05) is 6.42 Å². The largest absolute Gasteiger partial charge is 0.327 e. The molecule has 2 saturated carbocycles. The topological polar surface area (TPSA) is 26.0 Å². The number of fused-ring (bicyclic) bond motifs is 1. The molecular formula is C6H11N. The van der Waals surface area contributed by atoms with Gasteiger partial charge in [0.15, 0.2) is 0 Å². The predicted octanol–water partition coefficient (Wildman–Crippen LogP) is 0.744. The third kappa shape index (κ3) is 0.367. The lowest BCUT2D eigenvalue weighted by Crippen LogP contribution is -2.05. The van der Waals surface area contributed by atoms with Gasteiger partial charge in [-0.2, -0.15) is 0 Å². The Balaban J connectivity index is 2.06. The van der Waals surface area contributed by atoms with Crippen molar-refractivity contribution in [3.05, 3.63) is 0 Å². The fourth-order valence-electron chi connectivity index (χ4n) is 1.88. The first-order valence-corrected chi connectivity index (χ1v) is 3.15. The Labute approximate surface area is 43.9 Å². The zero-order valence-corrected chi connectivity index (χ0v) is 4.43. The average Bonchev–Trinajstić information content (AvgIpc) is 2.26. The quantitative estimate of drug-likeness (QED) is 0.474. The van der Waals surface area contributed by atoms with Gasteiger partial charge in [0.1, 0.15) is 0 Å². The predicted molar refractivity (Wildman–Crippen MR) is 28.8 cm³/mol. The summed E-state index contributed by atoms with van der Waals surface area (Å²) in [5.41, 5.74) is 5.67. The third-order valence-electron chi connectivity index (χ3n) is 2.47. The molecule has 0 aromatic rings. The summed E-state index contributed by atoms with van der Waals surface area (Å²) in [6, 6.07) is 0.619. The highest BCUT2D eigenvalue weighted by Crippen LogP contribution is 2.50. The second-order valence-electron chi connectivity index (χ2n) is 2.84. The number of rotatable bonds is 0. The van der Waals surface area contributed by atoms with E-state index in [1.807, 2.05) is 0 Å². The molecule has 3 atom stereocenters. The first kappa shape index (κ1) is 3.90. The second-order valence-corrected chi connectivity index (χ2v) is 2.84. The van der Waals surface area contributed by atoms with Gasteiger partial charge in [-0.15, -0.1) is 0 Å². The summed E-state index contributed by atoms with van der Waals surface area (Å²) >= 11 is 0. The van der Waals surface area contributed by atoms with Crippen LogP contribution >= 0.6 is 0 Å². The highest BCUT2D eigenvalue weighted by atomic mass is 14.8. The van der Waals surface area contributed by atoms with Crippen LogP contribution in [0.25, 0.3) is 0 Å². The van der Waals surface area contributed by atoms with Crippen LogP contribution in [0.1, 0.15) is 19.3 Å². The molecule has 0 unspecified atom stereocenters. The van der Waals surface area contributed by atoms with Crippen LogP contribution in [0.3, 0.4) is 0 Å². The van der Waals surface area contributed by atoms with Crippen LogP contribution in [0.2, 0.25) is 0 Å². The molecule has 2 rings (SSSR count). The molecule has 0 aromatic carbocycles. The number of hydrogen-bond acceptors (Lipinski definition) is 1. The molecule has 0 aromatic heterocycles. The Kier molecular flexibility index (Phi) is 0.571. The minimum Gasteiger partial charge on any atom is -0.327 e. The molecule has 0 amide bonds. The van der Waals surface area contributed by atoms with Crippen LogP contribution in [-0.2, 0) is 0 Å². The lowest BCUT2D eigenvalue weighted by molar-refractivity contribution is 0.674. The number of nitrogens with two attached hydrogens (primary N) is 1. The zero-order chi connectivity index (χ0) is 4.85. The zero-order valence-electron chi connectivity index (χ0n) is 4.43. The van der Waals surface area contributed by atoms with E-state index < -0.39 is 0 Å². The van der Waals surface area contributed by atoms with Crippen molar-refractivity contribution in [3.8, 4) is 0 Å². The van der Waals surface area contributed by atoms with E-state index in [1.54, 1.807) is 0 Å². The van der Waals surface area contributed by atoms with Gasteiger partial charge < -0.3 is 5.73 Å². The molecule has 2 aliphatic carbocycles. The Morgan fingerprint density at radius 1 is 1.14 bits per heavy atom. The minimum absolute atomic E-state index is 0.619. The van der Waals surface area contributed by atoms with E-state index in [0.717, 1.165) is 11.8 Å². The van der Waals surface area contributed by atoms with Crippen LogP contribution in [0.5, 0.6) is 0 Å². The maximum Gasteiger partial charge on any atom is 0.0102 e. The molecule has 40 valence electrons. The average molecular weight is 97.2 g/mol. The molecule has 0 bridgehead atoms. The third-order valence-corrected chi connectivity index (χ3v) is 2.47. The van der Waals surface area contributed by atoms with Gasteiger partial charge >= 0.3 is 0 Å². The van der Waals surface area contributed by atoms with Crippen molar-refractivity contribution in [2.45, 2.75) is 25.3 Å². The van der Waals surface area contributed by atoms with Gasteiger partial charge in [-0.25, -0.2) is 0 Å². The molecule has 0 heterocycles.